The average Bonchev–Trinajstić information content (AvgIpc) is 2.23. The Morgan fingerprint density at radius 2 is 1.82 bits per heavy atom. The minimum absolute atomic E-state index is 0.0357. The third-order valence-electron chi connectivity index (χ3n) is 3.90. The zero-order valence-corrected chi connectivity index (χ0v) is 12.3. The van der Waals surface area contributed by atoms with Crippen molar-refractivity contribution in [2.45, 2.75) is 77.9 Å². The van der Waals surface area contributed by atoms with E-state index in [2.05, 4.69) is 45.1 Å². The summed E-state index contributed by atoms with van der Waals surface area (Å²) in [6.07, 6.45) is 5.06. The van der Waals surface area contributed by atoms with E-state index in [0.717, 1.165) is 6.42 Å². The molecule has 0 saturated carbocycles. The topological polar surface area (TPSA) is 41.3 Å². The zero-order valence-electron chi connectivity index (χ0n) is 12.3. The maximum Gasteiger partial charge on any atom is 0.0422 e. The summed E-state index contributed by atoms with van der Waals surface area (Å²) in [4.78, 5) is 0. The minimum Gasteiger partial charge on any atom is -0.329 e. The molecule has 0 radical (unpaired) electrons. The molecule has 3 nitrogen and oxygen atoms in total. The summed E-state index contributed by atoms with van der Waals surface area (Å²) in [5, 5.41) is 2.44. The molecule has 1 fully saturated rings. The molecule has 0 spiro atoms. The molecule has 3 atom stereocenters. The molecule has 3 heteroatoms. The fraction of sp³-hybridized carbons (Fsp3) is 1.00. The van der Waals surface area contributed by atoms with Gasteiger partial charge >= 0.3 is 0 Å². The molecule has 102 valence electrons. The third kappa shape index (κ3) is 4.23. The molecule has 1 aliphatic heterocycles. The van der Waals surface area contributed by atoms with E-state index >= 15 is 0 Å². The van der Waals surface area contributed by atoms with Gasteiger partial charge in [-0.15, -0.1) is 0 Å². The molecule has 0 aliphatic carbocycles. The second-order valence-electron chi connectivity index (χ2n) is 6.51. The van der Waals surface area contributed by atoms with E-state index in [9.17, 15) is 0 Å². The van der Waals surface area contributed by atoms with Crippen LogP contribution in [0.5, 0.6) is 0 Å². The van der Waals surface area contributed by atoms with Crippen molar-refractivity contribution in [2.24, 2.45) is 11.7 Å². The predicted molar refractivity (Wildman–Crippen MR) is 74.7 cm³/mol. The van der Waals surface area contributed by atoms with Crippen LogP contribution < -0.4 is 11.2 Å². The van der Waals surface area contributed by atoms with Crippen LogP contribution >= 0.6 is 0 Å². The molecule has 0 aromatic heterocycles. The Morgan fingerprint density at radius 3 is 2.24 bits per heavy atom. The van der Waals surface area contributed by atoms with Crippen molar-refractivity contribution in [1.29, 1.82) is 0 Å². The fourth-order valence-electron chi connectivity index (χ4n) is 3.03. The first-order chi connectivity index (χ1) is 7.88. The van der Waals surface area contributed by atoms with Gasteiger partial charge in [-0.1, -0.05) is 20.3 Å². The lowest BCUT2D eigenvalue weighted by atomic mass is 9.91. The summed E-state index contributed by atoms with van der Waals surface area (Å²) in [6, 6.07) is 1.24. The van der Waals surface area contributed by atoms with Crippen LogP contribution in [-0.4, -0.2) is 29.2 Å². The number of piperidine rings is 1. The molecule has 3 N–H and O–H groups in total. The second kappa shape index (κ2) is 6.17. The highest BCUT2D eigenvalue weighted by atomic mass is 15.6. The summed E-state index contributed by atoms with van der Waals surface area (Å²) < 4.78 is 0. The smallest absolute Gasteiger partial charge is 0.0422 e. The van der Waals surface area contributed by atoms with E-state index in [0.29, 0.717) is 24.5 Å². The molecule has 1 heterocycles. The van der Waals surface area contributed by atoms with E-state index in [4.69, 9.17) is 5.73 Å². The van der Waals surface area contributed by atoms with Crippen LogP contribution in [0.1, 0.15) is 60.3 Å². The molecule has 0 aromatic rings. The molecular weight excluding hydrogens is 210 g/mol. The largest absolute Gasteiger partial charge is 0.329 e. The molecule has 1 saturated heterocycles. The van der Waals surface area contributed by atoms with Crippen LogP contribution in [0.3, 0.4) is 0 Å². The number of hydrogen-bond acceptors (Lipinski definition) is 3. The Bertz CT molecular complexity index is 220. The number of rotatable bonds is 5. The van der Waals surface area contributed by atoms with Gasteiger partial charge in [-0.3, -0.25) is 0 Å². The van der Waals surface area contributed by atoms with Gasteiger partial charge in [-0.05, 0) is 46.0 Å². The molecule has 3 unspecified atom stereocenters. The first-order valence-corrected chi connectivity index (χ1v) is 7.14. The van der Waals surface area contributed by atoms with Gasteiger partial charge in [-0.2, -0.15) is 0 Å². The van der Waals surface area contributed by atoms with Crippen LogP contribution in [0.4, 0.5) is 0 Å². The van der Waals surface area contributed by atoms with Crippen molar-refractivity contribution < 1.29 is 0 Å². The van der Waals surface area contributed by atoms with Crippen LogP contribution in [0.2, 0.25) is 0 Å². The average molecular weight is 241 g/mol. The molecule has 1 aliphatic rings. The highest BCUT2D eigenvalue weighted by Crippen LogP contribution is 2.24. The lowest BCUT2D eigenvalue weighted by Crippen LogP contribution is -2.62. The number of nitrogens with two attached hydrogens (primary N) is 1. The number of nitrogens with zero attached hydrogens (tertiary/aromatic N) is 1. The standard InChI is InChI=1S/C14H31N3/c1-11(2)9-14(5,10-15)16-17-12(3)7-6-8-13(17)4/h11-13,16H,6-10,15H2,1-5H3. The summed E-state index contributed by atoms with van der Waals surface area (Å²) in [6.45, 7) is 12.1. The number of hydrogen-bond donors (Lipinski definition) is 2. The lowest BCUT2D eigenvalue weighted by Gasteiger charge is -2.45. The molecule has 17 heavy (non-hydrogen) atoms. The van der Waals surface area contributed by atoms with E-state index in [-0.39, 0.29) is 5.54 Å². The van der Waals surface area contributed by atoms with Crippen molar-refractivity contribution in [3.63, 3.8) is 0 Å². The SMILES string of the molecule is CC(C)CC(C)(CN)NN1C(C)CCCC1C. The van der Waals surface area contributed by atoms with E-state index in [1.54, 1.807) is 0 Å². The fourth-order valence-corrected chi connectivity index (χ4v) is 3.03. The maximum absolute atomic E-state index is 5.97. The van der Waals surface area contributed by atoms with E-state index in [1.165, 1.54) is 19.3 Å². The molecule has 0 bridgehead atoms. The van der Waals surface area contributed by atoms with Gasteiger partial charge in [0.15, 0.2) is 0 Å². The van der Waals surface area contributed by atoms with E-state index < -0.39 is 0 Å². The van der Waals surface area contributed by atoms with Crippen molar-refractivity contribution >= 4 is 0 Å². The van der Waals surface area contributed by atoms with Crippen LogP contribution in [0, 0.1) is 5.92 Å². The Morgan fingerprint density at radius 1 is 1.29 bits per heavy atom. The summed E-state index contributed by atoms with van der Waals surface area (Å²) in [7, 11) is 0. The Balaban J connectivity index is 2.65. The monoisotopic (exact) mass is 241 g/mol. The normalized spacial score (nSPS) is 30.5. The van der Waals surface area contributed by atoms with Gasteiger partial charge in [0.2, 0.25) is 0 Å². The van der Waals surface area contributed by atoms with Crippen molar-refractivity contribution in [3.8, 4) is 0 Å². The highest BCUT2D eigenvalue weighted by molar-refractivity contribution is 4.88. The number of nitrogens with one attached hydrogen (secondary N) is 1. The molecule has 0 amide bonds. The predicted octanol–water partition coefficient (Wildman–Crippen LogP) is 2.52. The summed E-state index contributed by atoms with van der Waals surface area (Å²) in [5.74, 6) is 0.673. The second-order valence-corrected chi connectivity index (χ2v) is 6.51. The van der Waals surface area contributed by atoms with Gasteiger partial charge < -0.3 is 5.73 Å². The van der Waals surface area contributed by atoms with Gasteiger partial charge in [0, 0.05) is 24.2 Å². The highest BCUT2D eigenvalue weighted by Gasteiger charge is 2.32. The van der Waals surface area contributed by atoms with Crippen molar-refractivity contribution in [1.82, 2.24) is 10.4 Å². The van der Waals surface area contributed by atoms with Crippen LogP contribution in [0.25, 0.3) is 0 Å². The third-order valence-corrected chi connectivity index (χ3v) is 3.90. The van der Waals surface area contributed by atoms with Gasteiger partial charge in [-0.25, -0.2) is 10.4 Å². The summed E-state index contributed by atoms with van der Waals surface area (Å²) >= 11 is 0. The first-order valence-electron chi connectivity index (χ1n) is 7.14. The van der Waals surface area contributed by atoms with Crippen molar-refractivity contribution in [3.05, 3.63) is 0 Å². The van der Waals surface area contributed by atoms with Gasteiger partial charge in [0.1, 0.15) is 0 Å². The Labute approximate surface area is 107 Å². The molecular formula is C14H31N3. The maximum atomic E-state index is 5.97. The van der Waals surface area contributed by atoms with Gasteiger partial charge in [0.25, 0.3) is 0 Å². The molecule has 0 aromatic carbocycles. The van der Waals surface area contributed by atoms with Crippen molar-refractivity contribution in [2.75, 3.05) is 6.54 Å². The quantitative estimate of drug-likeness (QED) is 0.777. The summed E-state index contributed by atoms with van der Waals surface area (Å²) in [5.41, 5.74) is 9.73. The lowest BCUT2D eigenvalue weighted by molar-refractivity contribution is 0.00118. The van der Waals surface area contributed by atoms with Gasteiger partial charge in [0.05, 0.1) is 0 Å². The Hall–Kier alpha value is -0.120. The Kier molecular flexibility index (Phi) is 5.42. The minimum atomic E-state index is 0.0357. The zero-order chi connectivity index (χ0) is 13.1. The van der Waals surface area contributed by atoms with Crippen LogP contribution in [0.15, 0.2) is 0 Å². The molecule has 1 rings (SSSR count). The number of hydrazine groups is 1. The van der Waals surface area contributed by atoms with E-state index in [1.807, 2.05) is 0 Å². The van der Waals surface area contributed by atoms with Crippen LogP contribution in [-0.2, 0) is 0 Å². The first kappa shape index (κ1) is 14.9.